The molecule has 0 N–H and O–H groups in total. The molecule has 0 saturated carbocycles. The molecule has 0 aliphatic carbocycles. The minimum atomic E-state index is -0.881. The van der Waals surface area contributed by atoms with Crippen molar-refractivity contribution in [3.05, 3.63) is 25.9 Å². The summed E-state index contributed by atoms with van der Waals surface area (Å²) >= 11 is 23.3. The number of carbonyl (C=O) groups excluding carboxylic acids is 2. The van der Waals surface area contributed by atoms with Crippen molar-refractivity contribution < 1.29 is 14.3 Å². The van der Waals surface area contributed by atoms with Crippen LogP contribution in [0.4, 0.5) is 0 Å². The normalized spacial score (nSPS) is 18.0. The number of amides is 1. The third-order valence-corrected chi connectivity index (χ3v) is 5.19. The Kier molecular flexibility index (Phi) is 6.37. The zero-order valence-electron chi connectivity index (χ0n) is 12.2. The molecule has 2 heterocycles. The van der Waals surface area contributed by atoms with Crippen molar-refractivity contribution in [2.45, 2.75) is 19.8 Å². The fraction of sp³-hybridized carbons (Fsp3) is 0.500. The van der Waals surface area contributed by atoms with Crippen LogP contribution < -0.4 is 0 Å². The maximum Gasteiger partial charge on any atom is 0.359 e. The summed E-state index contributed by atoms with van der Waals surface area (Å²) in [5.74, 6) is -0.700. The zero-order valence-corrected chi connectivity index (χ0v) is 15.3. The van der Waals surface area contributed by atoms with Crippen molar-refractivity contribution in [1.82, 2.24) is 9.88 Å². The number of hydrogen-bond acceptors (Lipinski definition) is 4. The van der Waals surface area contributed by atoms with Gasteiger partial charge < -0.3 is 9.64 Å². The van der Waals surface area contributed by atoms with Crippen LogP contribution in [0.25, 0.3) is 0 Å². The standard InChI is InChI=1S/C14H14Cl4N2O3/c1-7-3-2-4-20(5-7)8(21)6-23-14(22)12-10(16)9(15)11(17)13(18)19-12/h7H,2-6H2,1H3/t7-/m1/s1. The Hall–Kier alpha value is -0.750. The summed E-state index contributed by atoms with van der Waals surface area (Å²) in [5.41, 5.74) is -0.272. The summed E-state index contributed by atoms with van der Waals surface area (Å²) in [6.45, 7) is 3.01. The highest BCUT2D eigenvalue weighted by Gasteiger charge is 2.25. The molecule has 1 atom stereocenters. The van der Waals surface area contributed by atoms with Gasteiger partial charge in [-0.1, -0.05) is 53.3 Å². The second-order valence-electron chi connectivity index (χ2n) is 5.36. The molecule has 1 amide bonds. The number of pyridine rings is 1. The summed E-state index contributed by atoms with van der Waals surface area (Å²) in [5, 5.41) is -0.459. The van der Waals surface area contributed by atoms with E-state index in [1.807, 2.05) is 0 Å². The molecule has 23 heavy (non-hydrogen) atoms. The van der Waals surface area contributed by atoms with Crippen molar-refractivity contribution in [2.75, 3.05) is 19.7 Å². The van der Waals surface area contributed by atoms with Gasteiger partial charge in [-0.2, -0.15) is 0 Å². The minimum Gasteiger partial charge on any atom is -0.451 e. The molecular formula is C14H14Cl4N2O3. The summed E-state index contributed by atoms with van der Waals surface area (Å²) in [4.78, 5) is 29.5. The Morgan fingerprint density at radius 2 is 1.91 bits per heavy atom. The number of esters is 1. The van der Waals surface area contributed by atoms with Crippen LogP contribution in [0.3, 0.4) is 0 Å². The summed E-state index contributed by atoms with van der Waals surface area (Å²) in [6, 6.07) is 0. The van der Waals surface area contributed by atoms with E-state index in [0.717, 1.165) is 12.8 Å². The molecular weight excluding hydrogens is 386 g/mol. The quantitative estimate of drug-likeness (QED) is 0.566. The Labute approximate surface area is 153 Å². The van der Waals surface area contributed by atoms with Gasteiger partial charge in [0.1, 0.15) is 5.15 Å². The molecule has 126 valence electrons. The molecule has 1 aliphatic heterocycles. The van der Waals surface area contributed by atoms with Gasteiger partial charge in [0.05, 0.1) is 15.1 Å². The van der Waals surface area contributed by atoms with Crippen LogP contribution in [0.5, 0.6) is 0 Å². The zero-order chi connectivity index (χ0) is 17.1. The van der Waals surface area contributed by atoms with Crippen LogP contribution in [0.2, 0.25) is 20.2 Å². The summed E-state index contributed by atoms with van der Waals surface area (Å²) in [7, 11) is 0. The number of likely N-dealkylation sites (tertiary alicyclic amines) is 1. The van der Waals surface area contributed by atoms with Gasteiger partial charge >= 0.3 is 5.97 Å². The molecule has 1 saturated heterocycles. The maximum atomic E-state index is 12.1. The van der Waals surface area contributed by atoms with E-state index < -0.39 is 5.97 Å². The van der Waals surface area contributed by atoms with Gasteiger partial charge in [-0.3, -0.25) is 4.79 Å². The number of ether oxygens (including phenoxy) is 1. The molecule has 0 bridgehead atoms. The molecule has 0 aromatic carbocycles. The third-order valence-electron chi connectivity index (χ3n) is 3.51. The molecule has 0 spiro atoms. The van der Waals surface area contributed by atoms with Crippen LogP contribution in [-0.2, 0) is 9.53 Å². The second kappa shape index (κ2) is 7.88. The van der Waals surface area contributed by atoms with Gasteiger partial charge in [0.2, 0.25) is 0 Å². The van der Waals surface area contributed by atoms with Crippen molar-refractivity contribution >= 4 is 58.3 Å². The first-order valence-electron chi connectivity index (χ1n) is 6.96. The fourth-order valence-corrected chi connectivity index (χ4v) is 3.13. The summed E-state index contributed by atoms with van der Waals surface area (Å²) in [6.07, 6.45) is 2.03. The van der Waals surface area contributed by atoms with E-state index in [-0.39, 0.29) is 38.4 Å². The van der Waals surface area contributed by atoms with Gasteiger partial charge in [-0.05, 0) is 18.8 Å². The van der Waals surface area contributed by atoms with E-state index in [1.54, 1.807) is 4.90 Å². The Morgan fingerprint density at radius 3 is 2.57 bits per heavy atom. The van der Waals surface area contributed by atoms with E-state index in [0.29, 0.717) is 19.0 Å². The topological polar surface area (TPSA) is 59.5 Å². The van der Waals surface area contributed by atoms with Gasteiger partial charge in [0, 0.05) is 13.1 Å². The molecule has 1 aliphatic rings. The van der Waals surface area contributed by atoms with Crippen molar-refractivity contribution in [2.24, 2.45) is 5.92 Å². The SMILES string of the molecule is C[C@@H]1CCCN(C(=O)COC(=O)c2nc(Cl)c(Cl)c(Cl)c2Cl)C1. The first-order chi connectivity index (χ1) is 10.8. The van der Waals surface area contributed by atoms with Crippen molar-refractivity contribution in [1.29, 1.82) is 0 Å². The van der Waals surface area contributed by atoms with Crippen LogP contribution in [0.1, 0.15) is 30.3 Å². The number of piperidine rings is 1. The lowest BCUT2D eigenvalue weighted by Crippen LogP contribution is -2.41. The number of rotatable bonds is 3. The lowest BCUT2D eigenvalue weighted by molar-refractivity contribution is -0.136. The highest BCUT2D eigenvalue weighted by molar-refractivity contribution is 6.52. The average Bonchev–Trinajstić information content (AvgIpc) is 2.53. The van der Waals surface area contributed by atoms with Crippen LogP contribution in [0, 0.1) is 5.92 Å². The Bertz CT molecular complexity index is 639. The predicted octanol–water partition coefficient (Wildman–Crippen LogP) is 4.11. The predicted molar refractivity (Wildman–Crippen MR) is 89.5 cm³/mol. The smallest absolute Gasteiger partial charge is 0.359 e. The summed E-state index contributed by atoms with van der Waals surface area (Å²) < 4.78 is 4.97. The molecule has 2 rings (SSSR count). The Morgan fingerprint density at radius 1 is 1.22 bits per heavy atom. The lowest BCUT2D eigenvalue weighted by atomic mass is 10.0. The van der Waals surface area contributed by atoms with Gasteiger partial charge in [-0.15, -0.1) is 0 Å². The van der Waals surface area contributed by atoms with Gasteiger partial charge in [0.15, 0.2) is 12.3 Å². The van der Waals surface area contributed by atoms with Crippen molar-refractivity contribution in [3.8, 4) is 0 Å². The number of aromatic nitrogens is 1. The highest BCUT2D eigenvalue weighted by atomic mass is 35.5. The third kappa shape index (κ3) is 4.41. The van der Waals surface area contributed by atoms with Gasteiger partial charge in [-0.25, -0.2) is 9.78 Å². The molecule has 5 nitrogen and oxygen atoms in total. The number of nitrogens with zero attached hydrogens (tertiary/aromatic N) is 2. The van der Waals surface area contributed by atoms with Crippen LogP contribution >= 0.6 is 46.4 Å². The number of halogens is 4. The number of hydrogen-bond donors (Lipinski definition) is 0. The monoisotopic (exact) mass is 398 g/mol. The van der Waals surface area contributed by atoms with E-state index in [1.165, 1.54) is 0 Å². The Balaban J connectivity index is 2.01. The maximum absolute atomic E-state index is 12.1. The molecule has 0 unspecified atom stereocenters. The van der Waals surface area contributed by atoms with Gasteiger partial charge in [0.25, 0.3) is 5.91 Å². The second-order valence-corrected chi connectivity index (χ2v) is 6.85. The fourth-order valence-electron chi connectivity index (χ4n) is 2.33. The van der Waals surface area contributed by atoms with Crippen LogP contribution in [-0.4, -0.2) is 41.5 Å². The van der Waals surface area contributed by atoms with E-state index in [2.05, 4.69) is 11.9 Å². The first-order valence-corrected chi connectivity index (χ1v) is 8.47. The molecule has 1 aromatic rings. The van der Waals surface area contributed by atoms with E-state index >= 15 is 0 Å². The highest BCUT2D eigenvalue weighted by Crippen LogP contribution is 2.36. The van der Waals surface area contributed by atoms with Crippen molar-refractivity contribution in [3.63, 3.8) is 0 Å². The van der Waals surface area contributed by atoms with Crippen LogP contribution in [0.15, 0.2) is 0 Å². The molecule has 1 aromatic heterocycles. The largest absolute Gasteiger partial charge is 0.451 e. The average molecular weight is 400 g/mol. The lowest BCUT2D eigenvalue weighted by Gasteiger charge is -2.30. The molecule has 1 fully saturated rings. The molecule has 0 radical (unpaired) electrons. The van der Waals surface area contributed by atoms with E-state index in [9.17, 15) is 9.59 Å². The first kappa shape index (κ1) is 18.6. The van der Waals surface area contributed by atoms with E-state index in [4.69, 9.17) is 51.1 Å². The minimum absolute atomic E-state index is 0.0479. The molecule has 9 heteroatoms. The number of carbonyl (C=O) groups is 2.